The van der Waals surface area contributed by atoms with E-state index < -0.39 is 5.91 Å². The minimum atomic E-state index is -0.393. The molecule has 0 saturated carbocycles. The molecule has 0 bridgehead atoms. The fourth-order valence-corrected chi connectivity index (χ4v) is 1.33. The van der Waals surface area contributed by atoms with Crippen molar-refractivity contribution in [3.63, 3.8) is 0 Å². The van der Waals surface area contributed by atoms with Crippen LogP contribution >= 0.6 is 0 Å². The molecular weight excluding hydrogens is 228 g/mol. The molecule has 0 heterocycles. The first-order chi connectivity index (χ1) is 8.56. The van der Waals surface area contributed by atoms with Crippen LogP contribution in [0.3, 0.4) is 0 Å². The first-order valence-corrected chi connectivity index (χ1v) is 5.78. The maximum atomic E-state index is 11.8. The summed E-state index contributed by atoms with van der Waals surface area (Å²) < 4.78 is 0. The predicted molar refractivity (Wildman–Crippen MR) is 69.6 cm³/mol. The fraction of sp³-hybridized carbons (Fsp3) is 0.286. The van der Waals surface area contributed by atoms with Crippen molar-refractivity contribution >= 4 is 12.0 Å². The molecule has 0 aliphatic rings. The van der Waals surface area contributed by atoms with Gasteiger partial charge in [0.25, 0.3) is 5.91 Å². The van der Waals surface area contributed by atoms with Gasteiger partial charge in [-0.2, -0.15) is 5.26 Å². The van der Waals surface area contributed by atoms with Crippen LogP contribution in [0.5, 0.6) is 5.75 Å². The lowest BCUT2D eigenvalue weighted by molar-refractivity contribution is -0.117. The average Bonchev–Trinajstić information content (AvgIpc) is 2.35. The molecule has 1 amide bonds. The van der Waals surface area contributed by atoms with Gasteiger partial charge in [0, 0.05) is 6.04 Å². The number of aromatic hydroxyl groups is 1. The summed E-state index contributed by atoms with van der Waals surface area (Å²) >= 11 is 0. The monoisotopic (exact) mass is 244 g/mol. The second-order valence-electron chi connectivity index (χ2n) is 4.05. The van der Waals surface area contributed by atoms with E-state index in [1.165, 1.54) is 18.2 Å². The van der Waals surface area contributed by atoms with Gasteiger partial charge in [0.1, 0.15) is 17.4 Å². The number of phenolic OH excluding ortho intramolecular Hbond substituents is 1. The van der Waals surface area contributed by atoms with Crippen LogP contribution < -0.4 is 5.32 Å². The van der Waals surface area contributed by atoms with Gasteiger partial charge in [0.05, 0.1) is 0 Å². The van der Waals surface area contributed by atoms with Crippen molar-refractivity contribution in [3.05, 3.63) is 35.4 Å². The Balaban J connectivity index is 2.90. The Bertz CT molecular complexity index is 501. The van der Waals surface area contributed by atoms with Crippen molar-refractivity contribution in [2.24, 2.45) is 0 Å². The molecule has 0 fully saturated rings. The van der Waals surface area contributed by atoms with Crippen LogP contribution in [0.2, 0.25) is 0 Å². The van der Waals surface area contributed by atoms with Crippen LogP contribution in [0, 0.1) is 11.3 Å². The summed E-state index contributed by atoms with van der Waals surface area (Å²) in [6.45, 7) is 3.83. The Morgan fingerprint density at radius 1 is 1.61 bits per heavy atom. The van der Waals surface area contributed by atoms with E-state index in [0.717, 1.165) is 6.42 Å². The lowest BCUT2D eigenvalue weighted by Crippen LogP contribution is -2.32. The van der Waals surface area contributed by atoms with Crippen molar-refractivity contribution in [3.8, 4) is 11.8 Å². The third-order valence-electron chi connectivity index (χ3n) is 2.54. The number of amides is 1. The molecule has 1 rings (SSSR count). The Kier molecular flexibility index (Phi) is 4.94. The predicted octanol–water partition coefficient (Wildman–Crippen LogP) is 2.21. The van der Waals surface area contributed by atoms with Crippen molar-refractivity contribution < 1.29 is 9.90 Å². The van der Waals surface area contributed by atoms with E-state index >= 15 is 0 Å². The van der Waals surface area contributed by atoms with Crippen molar-refractivity contribution in [1.29, 1.82) is 5.26 Å². The number of carbonyl (C=O) groups excluding carboxylic acids is 1. The lowest BCUT2D eigenvalue weighted by atomic mass is 10.1. The summed E-state index contributed by atoms with van der Waals surface area (Å²) in [6, 6.07) is 8.29. The topological polar surface area (TPSA) is 73.1 Å². The van der Waals surface area contributed by atoms with E-state index in [1.807, 2.05) is 19.9 Å². The van der Waals surface area contributed by atoms with Gasteiger partial charge in [0.15, 0.2) is 0 Å². The third kappa shape index (κ3) is 3.95. The van der Waals surface area contributed by atoms with Crippen LogP contribution in [-0.2, 0) is 4.79 Å². The molecule has 4 heteroatoms. The second-order valence-corrected chi connectivity index (χ2v) is 4.05. The highest BCUT2D eigenvalue weighted by atomic mass is 16.3. The molecule has 0 aliphatic carbocycles. The number of nitrogens with one attached hydrogen (secondary N) is 1. The molecule has 18 heavy (non-hydrogen) atoms. The minimum absolute atomic E-state index is 0.0263. The molecule has 0 aromatic heterocycles. The highest BCUT2D eigenvalue weighted by Gasteiger charge is 2.11. The number of benzene rings is 1. The molecule has 94 valence electrons. The lowest BCUT2D eigenvalue weighted by Gasteiger charge is -2.10. The first kappa shape index (κ1) is 13.8. The van der Waals surface area contributed by atoms with Gasteiger partial charge in [0.2, 0.25) is 0 Å². The molecule has 2 N–H and O–H groups in total. The molecular formula is C14H16N2O2. The smallest absolute Gasteiger partial charge is 0.262 e. The van der Waals surface area contributed by atoms with E-state index in [-0.39, 0.29) is 17.4 Å². The van der Waals surface area contributed by atoms with Crippen LogP contribution in [-0.4, -0.2) is 17.1 Å². The molecule has 0 saturated heterocycles. The van der Waals surface area contributed by atoms with E-state index in [1.54, 1.807) is 12.1 Å². The van der Waals surface area contributed by atoms with Crippen molar-refractivity contribution in [2.75, 3.05) is 0 Å². The van der Waals surface area contributed by atoms with Crippen molar-refractivity contribution in [2.45, 2.75) is 26.3 Å². The van der Waals surface area contributed by atoms with Gasteiger partial charge in [-0.25, -0.2) is 0 Å². The number of nitriles is 1. The minimum Gasteiger partial charge on any atom is -0.508 e. The summed E-state index contributed by atoms with van der Waals surface area (Å²) in [7, 11) is 0. The molecule has 1 unspecified atom stereocenters. The van der Waals surface area contributed by atoms with E-state index in [0.29, 0.717) is 5.56 Å². The van der Waals surface area contributed by atoms with Gasteiger partial charge >= 0.3 is 0 Å². The van der Waals surface area contributed by atoms with Gasteiger partial charge in [-0.15, -0.1) is 0 Å². The summed E-state index contributed by atoms with van der Waals surface area (Å²) in [6.07, 6.45) is 2.26. The molecule has 4 nitrogen and oxygen atoms in total. The highest BCUT2D eigenvalue weighted by molar-refractivity contribution is 6.01. The van der Waals surface area contributed by atoms with E-state index in [4.69, 9.17) is 5.26 Å². The fourth-order valence-electron chi connectivity index (χ4n) is 1.33. The summed E-state index contributed by atoms with van der Waals surface area (Å²) in [4.78, 5) is 11.8. The maximum Gasteiger partial charge on any atom is 0.262 e. The Labute approximate surface area is 107 Å². The molecule has 1 atom stereocenters. The Morgan fingerprint density at radius 2 is 2.33 bits per heavy atom. The van der Waals surface area contributed by atoms with Crippen LogP contribution in [0.4, 0.5) is 0 Å². The third-order valence-corrected chi connectivity index (χ3v) is 2.54. The SMILES string of the molecule is CCC(C)NC(=O)/C(C#N)=C/c1cccc(O)c1. The number of hydrogen-bond donors (Lipinski definition) is 2. The van der Waals surface area contributed by atoms with Gasteiger partial charge < -0.3 is 10.4 Å². The summed E-state index contributed by atoms with van der Waals surface area (Å²) in [5.41, 5.74) is 0.645. The van der Waals surface area contributed by atoms with Crippen LogP contribution in [0.25, 0.3) is 6.08 Å². The molecule has 1 aromatic carbocycles. The largest absolute Gasteiger partial charge is 0.508 e. The second kappa shape index (κ2) is 6.45. The zero-order chi connectivity index (χ0) is 13.5. The Morgan fingerprint density at radius 3 is 2.89 bits per heavy atom. The normalized spacial score (nSPS) is 12.6. The van der Waals surface area contributed by atoms with Crippen molar-refractivity contribution in [1.82, 2.24) is 5.32 Å². The molecule has 0 aliphatic heterocycles. The van der Waals surface area contributed by atoms with E-state index in [9.17, 15) is 9.90 Å². The molecule has 0 spiro atoms. The maximum absolute atomic E-state index is 11.8. The van der Waals surface area contributed by atoms with E-state index in [2.05, 4.69) is 5.32 Å². The first-order valence-electron chi connectivity index (χ1n) is 5.78. The van der Waals surface area contributed by atoms with Gasteiger partial charge in [-0.05, 0) is 37.1 Å². The number of carbonyl (C=O) groups is 1. The van der Waals surface area contributed by atoms with Crippen LogP contribution in [0.15, 0.2) is 29.8 Å². The van der Waals surface area contributed by atoms with Crippen LogP contribution in [0.1, 0.15) is 25.8 Å². The average molecular weight is 244 g/mol. The number of phenols is 1. The summed E-state index contributed by atoms with van der Waals surface area (Å²) in [5, 5.41) is 21.0. The quantitative estimate of drug-likeness (QED) is 0.630. The highest BCUT2D eigenvalue weighted by Crippen LogP contribution is 2.14. The number of rotatable bonds is 4. The standard InChI is InChI=1S/C14H16N2O2/c1-3-10(2)16-14(18)12(9-15)7-11-5-4-6-13(17)8-11/h4-8,10,17H,3H2,1-2H3,(H,16,18)/b12-7+. The number of nitrogens with zero attached hydrogens (tertiary/aromatic N) is 1. The summed E-state index contributed by atoms with van der Waals surface area (Å²) in [5.74, 6) is -0.293. The van der Waals surface area contributed by atoms with Gasteiger partial charge in [-0.3, -0.25) is 4.79 Å². The Hall–Kier alpha value is -2.28. The number of hydrogen-bond acceptors (Lipinski definition) is 3. The molecule has 0 radical (unpaired) electrons. The van der Waals surface area contributed by atoms with Gasteiger partial charge in [-0.1, -0.05) is 19.1 Å². The zero-order valence-corrected chi connectivity index (χ0v) is 10.5. The molecule has 1 aromatic rings. The zero-order valence-electron chi connectivity index (χ0n) is 10.5.